The van der Waals surface area contributed by atoms with Crippen LogP contribution in [0, 0.1) is 0 Å². The molecule has 1 aliphatic carbocycles. The van der Waals surface area contributed by atoms with E-state index < -0.39 is 10.0 Å². The van der Waals surface area contributed by atoms with Crippen LogP contribution in [0.2, 0.25) is 0 Å². The maximum Gasteiger partial charge on any atom is 0.241 e. The second kappa shape index (κ2) is 5.66. The fraction of sp³-hybridized carbons (Fsp3) is 0.636. The Balaban J connectivity index is 1.92. The summed E-state index contributed by atoms with van der Waals surface area (Å²) >= 11 is 1.24. The molecule has 5 nitrogen and oxygen atoms in total. The Labute approximate surface area is 111 Å². The number of hydrogen-bond donors (Lipinski definition) is 2. The topological polar surface area (TPSA) is 75.6 Å². The molecule has 1 aliphatic rings. The molecule has 2 rings (SSSR count). The molecule has 1 saturated carbocycles. The quantitative estimate of drug-likeness (QED) is 0.822. The Bertz CT molecular complexity index is 491. The minimum absolute atomic E-state index is 0.0379. The van der Waals surface area contributed by atoms with Crippen LogP contribution in [0.3, 0.4) is 0 Å². The van der Waals surface area contributed by atoms with Gasteiger partial charge in [-0.2, -0.15) is 0 Å². The highest BCUT2D eigenvalue weighted by atomic mass is 32.2. The Hall–Kier alpha value is -0.470. The number of aliphatic hydroxyl groups excluding tert-OH is 1. The third kappa shape index (κ3) is 3.10. The SMILES string of the molecule is CCOC1CC(NS(=O)(=O)c2csc(CO)c2)C1. The number of rotatable bonds is 6. The van der Waals surface area contributed by atoms with Crippen LogP contribution in [0.1, 0.15) is 24.6 Å². The van der Waals surface area contributed by atoms with Gasteiger partial charge in [0.05, 0.1) is 17.6 Å². The van der Waals surface area contributed by atoms with E-state index in [1.807, 2.05) is 6.92 Å². The van der Waals surface area contributed by atoms with E-state index in [4.69, 9.17) is 9.84 Å². The molecule has 0 spiro atoms. The van der Waals surface area contributed by atoms with Gasteiger partial charge in [-0.3, -0.25) is 0 Å². The summed E-state index contributed by atoms with van der Waals surface area (Å²) in [5.41, 5.74) is 0. The van der Waals surface area contributed by atoms with Gasteiger partial charge in [0.1, 0.15) is 0 Å². The van der Waals surface area contributed by atoms with E-state index in [-0.39, 0.29) is 23.6 Å². The Morgan fingerprint density at radius 1 is 1.56 bits per heavy atom. The first kappa shape index (κ1) is 14.0. The van der Waals surface area contributed by atoms with Crippen molar-refractivity contribution in [3.05, 3.63) is 16.3 Å². The minimum Gasteiger partial charge on any atom is -0.391 e. The van der Waals surface area contributed by atoms with Crippen molar-refractivity contribution in [1.29, 1.82) is 0 Å². The zero-order chi connectivity index (χ0) is 13.2. The average molecular weight is 291 g/mol. The largest absolute Gasteiger partial charge is 0.391 e. The molecule has 1 aromatic rings. The second-order valence-corrected chi connectivity index (χ2v) is 6.98. The monoisotopic (exact) mass is 291 g/mol. The van der Waals surface area contributed by atoms with Gasteiger partial charge in [-0.25, -0.2) is 13.1 Å². The van der Waals surface area contributed by atoms with E-state index in [0.29, 0.717) is 11.5 Å². The first-order valence-electron chi connectivity index (χ1n) is 5.87. The molecule has 0 radical (unpaired) electrons. The van der Waals surface area contributed by atoms with E-state index in [1.165, 1.54) is 17.4 Å². The number of ether oxygens (including phenoxy) is 1. The Morgan fingerprint density at radius 3 is 2.83 bits per heavy atom. The first-order chi connectivity index (χ1) is 8.55. The molecular formula is C11H17NO4S2. The molecule has 0 aliphatic heterocycles. The average Bonchev–Trinajstić information content (AvgIpc) is 2.75. The van der Waals surface area contributed by atoms with Gasteiger partial charge >= 0.3 is 0 Å². The molecule has 1 aromatic heterocycles. The zero-order valence-electron chi connectivity index (χ0n) is 10.1. The van der Waals surface area contributed by atoms with E-state index in [9.17, 15) is 8.42 Å². The van der Waals surface area contributed by atoms with Crippen LogP contribution in [-0.2, 0) is 21.4 Å². The molecule has 1 fully saturated rings. The zero-order valence-corrected chi connectivity index (χ0v) is 11.8. The normalized spacial score (nSPS) is 23.9. The van der Waals surface area contributed by atoms with Crippen LogP contribution in [-0.4, -0.2) is 32.3 Å². The minimum atomic E-state index is -3.45. The summed E-state index contributed by atoms with van der Waals surface area (Å²) in [6, 6.07) is 1.47. The molecule has 1 heterocycles. The molecule has 0 atom stereocenters. The van der Waals surface area contributed by atoms with Gasteiger partial charge in [0, 0.05) is 22.9 Å². The highest BCUT2D eigenvalue weighted by molar-refractivity contribution is 7.89. The van der Waals surface area contributed by atoms with E-state index in [0.717, 1.165) is 12.8 Å². The van der Waals surface area contributed by atoms with Gasteiger partial charge in [-0.1, -0.05) is 0 Å². The summed E-state index contributed by atoms with van der Waals surface area (Å²) in [5, 5.41) is 10.5. The molecule has 0 saturated heterocycles. The van der Waals surface area contributed by atoms with Crippen LogP contribution in [0.4, 0.5) is 0 Å². The Kier molecular flexibility index (Phi) is 4.39. The van der Waals surface area contributed by atoms with Crippen molar-refractivity contribution < 1.29 is 18.3 Å². The molecule has 18 heavy (non-hydrogen) atoms. The summed E-state index contributed by atoms with van der Waals surface area (Å²) in [7, 11) is -3.45. The third-order valence-electron chi connectivity index (χ3n) is 2.91. The van der Waals surface area contributed by atoms with Gasteiger partial charge in [0.2, 0.25) is 10.0 Å². The molecule has 102 valence electrons. The molecule has 0 amide bonds. The molecule has 0 unspecified atom stereocenters. The molecular weight excluding hydrogens is 274 g/mol. The summed E-state index contributed by atoms with van der Waals surface area (Å²) in [5.74, 6) is 0. The Morgan fingerprint density at radius 2 is 2.28 bits per heavy atom. The maximum atomic E-state index is 12.0. The standard InChI is InChI=1S/C11H17NO4S2/c1-2-16-9-3-8(4-9)12-18(14,15)11-5-10(6-13)17-7-11/h5,7-9,12-13H,2-4,6H2,1H3. The number of thiophene rings is 1. The van der Waals surface area contributed by atoms with Gasteiger partial charge < -0.3 is 9.84 Å². The van der Waals surface area contributed by atoms with E-state index >= 15 is 0 Å². The van der Waals surface area contributed by atoms with Crippen molar-refractivity contribution >= 4 is 21.4 Å². The maximum absolute atomic E-state index is 12.0. The van der Waals surface area contributed by atoms with Crippen molar-refractivity contribution in [3.63, 3.8) is 0 Å². The van der Waals surface area contributed by atoms with Crippen LogP contribution in [0.5, 0.6) is 0 Å². The highest BCUT2D eigenvalue weighted by Crippen LogP contribution is 2.26. The predicted molar refractivity (Wildman–Crippen MR) is 69.0 cm³/mol. The van der Waals surface area contributed by atoms with E-state index in [2.05, 4.69) is 4.72 Å². The molecule has 0 bridgehead atoms. The van der Waals surface area contributed by atoms with Crippen molar-refractivity contribution in [2.45, 2.75) is 43.4 Å². The van der Waals surface area contributed by atoms with E-state index in [1.54, 1.807) is 5.38 Å². The number of nitrogens with one attached hydrogen (secondary N) is 1. The third-order valence-corrected chi connectivity index (χ3v) is 5.49. The lowest BCUT2D eigenvalue weighted by Crippen LogP contribution is -2.47. The first-order valence-corrected chi connectivity index (χ1v) is 8.23. The van der Waals surface area contributed by atoms with Crippen molar-refractivity contribution in [3.8, 4) is 0 Å². The smallest absolute Gasteiger partial charge is 0.241 e. The lowest BCUT2D eigenvalue weighted by Gasteiger charge is -2.34. The van der Waals surface area contributed by atoms with Crippen LogP contribution >= 0.6 is 11.3 Å². The fourth-order valence-electron chi connectivity index (χ4n) is 1.91. The fourth-order valence-corrected chi connectivity index (χ4v) is 4.30. The van der Waals surface area contributed by atoms with Gasteiger partial charge in [0.25, 0.3) is 0 Å². The summed E-state index contributed by atoms with van der Waals surface area (Å²) in [6.07, 6.45) is 1.63. The summed E-state index contributed by atoms with van der Waals surface area (Å²) < 4.78 is 32.0. The van der Waals surface area contributed by atoms with Crippen molar-refractivity contribution in [1.82, 2.24) is 4.72 Å². The summed E-state index contributed by atoms with van der Waals surface area (Å²) in [4.78, 5) is 0.882. The number of sulfonamides is 1. The van der Waals surface area contributed by atoms with Crippen molar-refractivity contribution in [2.75, 3.05) is 6.61 Å². The molecule has 7 heteroatoms. The molecule has 2 N–H and O–H groups in total. The van der Waals surface area contributed by atoms with Crippen LogP contribution in [0.25, 0.3) is 0 Å². The highest BCUT2D eigenvalue weighted by Gasteiger charge is 2.33. The van der Waals surface area contributed by atoms with Gasteiger partial charge in [-0.05, 0) is 25.8 Å². The van der Waals surface area contributed by atoms with Gasteiger partial charge in [-0.15, -0.1) is 11.3 Å². The number of hydrogen-bond acceptors (Lipinski definition) is 5. The number of aliphatic hydroxyl groups is 1. The lowest BCUT2D eigenvalue weighted by molar-refractivity contribution is -0.00475. The summed E-state index contributed by atoms with van der Waals surface area (Å²) in [6.45, 7) is 2.46. The second-order valence-electron chi connectivity index (χ2n) is 4.27. The van der Waals surface area contributed by atoms with Gasteiger partial charge in [0.15, 0.2) is 0 Å². The van der Waals surface area contributed by atoms with Crippen LogP contribution < -0.4 is 4.72 Å². The lowest BCUT2D eigenvalue weighted by atomic mass is 9.90. The van der Waals surface area contributed by atoms with Crippen LogP contribution in [0.15, 0.2) is 16.3 Å². The molecule has 0 aromatic carbocycles. The predicted octanol–water partition coefficient (Wildman–Crippen LogP) is 1.09. The van der Waals surface area contributed by atoms with Crippen molar-refractivity contribution in [2.24, 2.45) is 0 Å².